The highest BCUT2D eigenvalue weighted by Crippen LogP contribution is 2.25. The highest BCUT2D eigenvalue weighted by Gasteiger charge is 2.16. The minimum Gasteiger partial charge on any atom is -0.370 e. The molecule has 1 saturated heterocycles. The van der Waals surface area contributed by atoms with E-state index in [9.17, 15) is 4.79 Å². The van der Waals surface area contributed by atoms with E-state index in [0.29, 0.717) is 17.1 Å². The molecule has 5 nitrogen and oxygen atoms in total. The van der Waals surface area contributed by atoms with Crippen molar-refractivity contribution in [3.05, 3.63) is 65.2 Å². The first-order valence-corrected chi connectivity index (χ1v) is 9.94. The minimum atomic E-state index is -0.0681. The van der Waals surface area contributed by atoms with Crippen LogP contribution in [0.4, 0.5) is 0 Å². The Kier molecular flexibility index (Phi) is 5.86. The lowest BCUT2D eigenvalue weighted by Crippen LogP contribution is -3.14. The fraction of sp³-hybridized carbons (Fsp3) is 0.273. The number of benzene rings is 2. The number of nitrogens with one attached hydrogen (secondary N) is 2. The van der Waals surface area contributed by atoms with Crippen molar-refractivity contribution >= 4 is 28.4 Å². The average molecular weight is 397 g/mol. The second-order valence-electron chi connectivity index (χ2n) is 6.95. The SMILES string of the molecule is O=C(NCC[NH+]1CCOCC1)c1cc(-c2ccc(Cl)cc2)nc2ccccc12. The van der Waals surface area contributed by atoms with E-state index >= 15 is 0 Å². The van der Waals surface area contributed by atoms with Crippen LogP contribution in [0.25, 0.3) is 22.2 Å². The van der Waals surface area contributed by atoms with Crippen molar-refractivity contribution < 1.29 is 14.4 Å². The molecule has 0 unspecified atom stereocenters. The number of aromatic nitrogens is 1. The smallest absolute Gasteiger partial charge is 0.252 e. The van der Waals surface area contributed by atoms with Crippen molar-refractivity contribution in [2.75, 3.05) is 39.4 Å². The first-order valence-electron chi connectivity index (χ1n) is 9.56. The Bertz CT molecular complexity index is 969. The average Bonchev–Trinajstić information content (AvgIpc) is 2.74. The monoisotopic (exact) mass is 396 g/mol. The number of quaternary nitrogens is 1. The summed E-state index contributed by atoms with van der Waals surface area (Å²) in [5, 5.41) is 4.61. The van der Waals surface area contributed by atoms with Gasteiger partial charge in [0.2, 0.25) is 0 Å². The Morgan fingerprint density at radius 2 is 1.86 bits per heavy atom. The van der Waals surface area contributed by atoms with Gasteiger partial charge in [-0.3, -0.25) is 4.79 Å². The molecule has 6 heteroatoms. The predicted molar refractivity (Wildman–Crippen MR) is 111 cm³/mol. The summed E-state index contributed by atoms with van der Waals surface area (Å²) in [6.07, 6.45) is 0. The van der Waals surface area contributed by atoms with Crippen LogP contribution in [0.5, 0.6) is 0 Å². The summed E-state index contributed by atoms with van der Waals surface area (Å²) in [4.78, 5) is 19.1. The maximum atomic E-state index is 12.9. The number of nitrogens with zero attached hydrogens (tertiary/aromatic N) is 1. The van der Waals surface area contributed by atoms with Crippen molar-refractivity contribution in [2.24, 2.45) is 0 Å². The number of carbonyl (C=O) groups is 1. The first kappa shape index (κ1) is 18.9. The maximum Gasteiger partial charge on any atom is 0.252 e. The van der Waals surface area contributed by atoms with Crippen LogP contribution in [0.3, 0.4) is 0 Å². The molecule has 0 spiro atoms. The van der Waals surface area contributed by atoms with Gasteiger partial charge in [0.05, 0.1) is 43.1 Å². The molecule has 0 radical (unpaired) electrons. The van der Waals surface area contributed by atoms with Gasteiger partial charge in [-0.15, -0.1) is 0 Å². The van der Waals surface area contributed by atoms with Gasteiger partial charge in [0.25, 0.3) is 5.91 Å². The number of hydrogen-bond donors (Lipinski definition) is 2. The highest BCUT2D eigenvalue weighted by molar-refractivity contribution is 6.30. The van der Waals surface area contributed by atoms with Gasteiger partial charge in [0, 0.05) is 16.0 Å². The normalized spacial score (nSPS) is 14.9. The molecule has 2 N–H and O–H groups in total. The lowest BCUT2D eigenvalue weighted by atomic mass is 10.0. The molecule has 144 valence electrons. The largest absolute Gasteiger partial charge is 0.370 e. The van der Waals surface area contributed by atoms with E-state index in [1.54, 1.807) is 0 Å². The Balaban J connectivity index is 1.57. The number of halogens is 1. The molecular weight excluding hydrogens is 374 g/mol. The number of hydrogen-bond acceptors (Lipinski definition) is 3. The van der Waals surface area contributed by atoms with Crippen LogP contribution in [0.1, 0.15) is 10.4 Å². The third kappa shape index (κ3) is 4.33. The summed E-state index contributed by atoms with van der Waals surface area (Å²) in [6.45, 7) is 5.12. The van der Waals surface area contributed by atoms with E-state index in [2.05, 4.69) is 5.32 Å². The third-order valence-corrected chi connectivity index (χ3v) is 5.32. The van der Waals surface area contributed by atoms with Gasteiger partial charge in [-0.2, -0.15) is 0 Å². The van der Waals surface area contributed by atoms with Crippen molar-refractivity contribution in [2.45, 2.75) is 0 Å². The zero-order chi connectivity index (χ0) is 19.3. The fourth-order valence-electron chi connectivity index (χ4n) is 3.49. The molecule has 2 heterocycles. The van der Waals surface area contributed by atoms with E-state index < -0.39 is 0 Å². The number of carbonyl (C=O) groups excluding carboxylic acids is 1. The van der Waals surface area contributed by atoms with Gasteiger partial charge < -0.3 is 15.0 Å². The van der Waals surface area contributed by atoms with E-state index in [-0.39, 0.29) is 5.91 Å². The number of ether oxygens (including phenoxy) is 1. The molecule has 1 aromatic heterocycles. The van der Waals surface area contributed by atoms with Crippen LogP contribution in [0, 0.1) is 0 Å². The van der Waals surface area contributed by atoms with Crippen molar-refractivity contribution in [3.63, 3.8) is 0 Å². The molecule has 0 atom stereocenters. The molecule has 1 aliphatic rings. The van der Waals surface area contributed by atoms with E-state index in [1.807, 2.05) is 54.6 Å². The number of para-hydroxylation sites is 1. The zero-order valence-corrected chi connectivity index (χ0v) is 16.3. The Morgan fingerprint density at radius 1 is 1.11 bits per heavy atom. The first-order chi connectivity index (χ1) is 13.7. The van der Waals surface area contributed by atoms with Gasteiger partial charge in [0.15, 0.2) is 0 Å². The molecule has 1 fully saturated rings. The lowest BCUT2D eigenvalue weighted by Gasteiger charge is -2.23. The molecule has 0 bridgehead atoms. The Labute approximate surface area is 169 Å². The van der Waals surface area contributed by atoms with Crippen LogP contribution in [-0.4, -0.2) is 50.3 Å². The summed E-state index contributed by atoms with van der Waals surface area (Å²) in [5.74, 6) is -0.0681. The summed E-state index contributed by atoms with van der Waals surface area (Å²) in [5.41, 5.74) is 3.15. The van der Waals surface area contributed by atoms with Gasteiger partial charge >= 0.3 is 0 Å². The lowest BCUT2D eigenvalue weighted by molar-refractivity contribution is -0.906. The highest BCUT2D eigenvalue weighted by atomic mass is 35.5. The second kappa shape index (κ2) is 8.69. The summed E-state index contributed by atoms with van der Waals surface area (Å²) < 4.78 is 5.38. The van der Waals surface area contributed by atoms with Gasteiger partial charge in [-0.25, -0.2) is 4.98 Å². The molecule has 0 aliphatic carbocycles. The van der Waals surface area contributed by atoms with Crippen molar-refractivity contribution in [1.82, 2.24) is 10.3 Å². The van der Waals surface area contributed by atoms with Crippen molar-refractivity contribution in [3.8, 4) is 11.3 Å². The molecule has 28 heavy (non-hydrogen) atoms. The standard InChI is InChI=1S/C22H22ClN3O2/c23-17-7-5-16(6-8-17)21-15-19(18-3-1-2-4-20(18)25-21)22(27)24-9-10-26-11-13-28-14-12-26/h1-8,15H,9-14H2,(H,24,27)/p+1. The maximum absolute atomic E-state index is 12.9. The summed E-state index contributed by atoms with van der Waals surface area (Å²) in [7, 11) is 0. The minimum absolute atomic E-state index is 0.0681. The Morgan fingerprint density at radius 3 is 2.64 bits per heavy atom. The van der Waals surface area contributed by atoms with Crippen LogP contribution in [-0.2, 0) is 4.74 Å². The molecule has 2 aromatic carbocycles. The van der Waals surface area contributed by atoms with Crippen molar-refractivity contribution in [1.29, 1.82) is 0 Å². The summed E-state index contributed by atoms with van der Waals surface area (Å²) >= 11 is 6.00. The van der Waals surface area contributed by atoms with Crippen LogP contribution in [0.2, 0.25) is 5.02 Å². The topological polar surface area (TPSA) is 55.7 Å². The van der Waals surface area contributed by atoms with Crippen LogP contribution in [0.15, 0.2) is 54.6 Å². The van der Waals surface area contributed by atoms with Gasteiger partial charge in [0.1, 0.15) is 13.1 Å². The predicted octanol–water partition coefficient (Wildman–Crippen LogP) is 2.20. The molecule has 4 rings (SSSR count). The van der Waals surface area contributed by atoms with Crippen LogP contribution >= 0.6 is 11.6 Å². The molecule has 0 saturated carbocycles. The number of rotatable bonds is 5. The molecule has 1 amide bonds. The van der Waals surface area contributed by atoms with Gasteiger partial charge in [-0.1, -0.05) is 41.9 Å². The van der Waals surface area contributed by atoms with Gasteiger partial charge in [-0.05, 0) is 24.3 Å². The summed E-state index contributed by atoms with van der Waals surface area (Å²) in [6, 6.07) is 17.1. The quantitative estimate of drug-likeness (QED) is 0.695. The fourth-order valence-corrected chi connectivity index (χ4v) is 3.62. The zero-order valence-electron chi connectivity index (χ0n) is 15.6. The number of amides is 1. The third-order valence-electron chi connectivity index (χ3n) is 5.06. The van der Waals surface area contributed by atoms with E-state index in [0.717, 1.165) is 55.0 Å². The Hall–Kier alpha value is -2.47. The van der Waals surface area contributed by atoms with Crippen LogP contribution < -0.4 is 10.2 Å². The molecule has 1 aliphatic heterocycles. The second-order valence-corrected chi connectivity index (χ2v) is 7.38. The number of morpholine rings is 1. The molecular formula is C22H23ClN3O2+. The number of pyridine rings is 1. The molecule has 3 aromatic rings. The van der Waals surface area contributed by atoms with E-state index in [4.69, 9.17) is 21.3 Å². The van der Waals surface area contributed by atoms with E-state index in [1.165, 1.54) is 4.90 Å². The number of fused-ring (bicyclic) bond motifs is 1.